The van der Waals surface area contributed by atoms with Gasteiger partial charge in [0, 0.05) is 6.54 Å². The second-order valence-electron chi connectivity index (χ2n) is 4.15. The summed E-state index contributed by atoms with van der Waals surface area (Å²) in [6, 6.07) is 7.90. The van der Waals surface area contributed by atoms with Crippen molar-refractivity contribution in [3.63, 3.8) is 0 Å². The highest BCUT2D eigenvalue weighted by Crippen LogP contribution is 2.20. The molecule has 0 unspecified atom stereocenters. The highest BCUT2D eigenvalue weighted by molar-refractivity contribution is 6.02. The second-order valence-corrected chi connectivity index (χ2v) is 4.15. The van der Waals surface area contributed by atoms with E-state index in [1.54, 1.807) is 12.1 Å². The summed E-state index contributed by atoms with van der Waals surface area (Å²) >= 11 is 0. The van der Waals surface area contributed by atoms with Crippen molar-refractivity contribution < 1.29 is 14.0 Å². The number of carbonyl (C=O) groups excluding carboxylic acids is 2. The number of halogens is 1. The molecule has 5 nitrogen and oxygen atoms in total. The highest BCUT2D eigenvalue weighted by Gasteiger charge is 2.31. The molecule has 0 radical (unpaired) electrons. The number of rotatable bonds is 3. The molecule has 0 N–H and O–H groups in total. The van der Waals surface area contributed by atoms with Gasteiger partial charge in [0.1, 0.15) is 5.82 Å². The minimum Gasteiger partial charge on any atom is -0.351 e. The Morgan fingerprint density at radius 1 is 1.21 bits per heavy atom. The van der Waals surface area contributed by atoms with Crippen LogP contribution in [0.4, 0.5) is 10.1 Å². The average Bonchev–Trinajstić information content (AvgIpc) is 2.38. The fourth-order valence-electron chi connectivity index (χ4n) is 1.98. The number of piperazine rings is 1. The number of carbonyl (C=O) groups is 2. The van der Waals surface area contributed by atoms with Gasteiger partial charge in [-0.3, -0.25) is 14.5 Å². The first-order valence-electron chi connectivity index (χ1n) is 5.83. The monoisotopic (exact) mass is 261 g/mol. The Morgan fingerprint density at radius 3 is 2.42 bits per heavy atom. The molecule has 0 saturated carbocycles. The van der Waals surface area contributed by atoms with Crippen LogP contribution in [0.15, 0.2) is 24.3 Å². The van der Waals surface area contributed by atoms with Crippen molar-refractivity contribution >= 4 is 17.5 Å². The largest absolute Gasteiger partial charge is 0.351 e. The van der Waals surface area contributed by atoms with Crippen molar-refractivity contribution in [1.29, 1.82) is 5.26 Å². The molecular weight excluding hydrogens is 249 g/mol. The third kappa shape index (κ3) is 2.71. The van der Waals surface area contributed by atoms with Crippen LogP contribution in [0.25, 0.3) is 0 Å². The molecule has 19 heavy (non-hydrogen) atoms. The Bertz CT molecular complexity index is 535. The minimum absolute atomic E-state index is 0.0574. The molecule has 1 aromatic carbocycles. The van der Waals surface area contributed by atoms with Gasteiger partial charge in [-0.2, -0.15) is 5.26 Å². The number of anilines is 1. The van der Waals surface area contributed by atoms with Crippen molar-refractivity contribution in [2.45, 2.75) is 6.42 Å². The van der Waals surface area contributed by atoms with Gasteiger partial charge in [-0.1, -0.05) is 12.1 Å². The summed E-state index contributed by atoms with van der Waals surface area (Å²) in [6.45, 7) is -0.0184. The van der Waals surface area contributed by atoms with Crippen LogP contribution in [-0.4, -0.2) is 36.3 Å². The number of benzene rings is 1. The molecule has 0 spiro atoms. The minimum atomic E-state index is -0.464. The molecule has 2 rings (SSSR count). The van der Waals surface area contributed by atoms with Crippen molar-refractivity contribution in [1.82, 2.24) is 4.90 Å². The average molecular weight is 261 g/mol. The Morgan fingerprint density at radius 2 is 1.84 bits per heavy atom. The first kappa shape index (κ1) is 13.0. The highest BCUT2D eigenvalue weighted by atomic mass is 19.1. The zero-order valence-corrected chi connectivity index (χ0v) is 10.2. The van der Waals surface area contributed by atoms with Crippen LogP contribution < -0.4 is 4.90 Å². The number of hydrogen-bond acceptors (Lipinski definition) is 4. The molecule has 1 fully saturated rings. The Balaban J connectivity index is 2.14. The second kappa shape index (κ2) is 5.48. The molecule has 2 amide bonds. The van der Waals surface area contributed by atoms with E-state index in [9.17, 15) is 14.0 Å². The van der Waals surface area contributed by atoms with Crippen LogP contribution in [0.2, 0.25) is 0 Å². The van der Waals surface area contributed by atoms with Gasteiger partial charge in [0.25, 0.3) is 0 Å². The van der Waals surface area contributed by atoms with E-state index in [0.717, 1.165) is 4.90 Å². The number of amides is 2. The number of nitriles is 1. The molecule has 1 heterocycles. The van der Waals surface area contributed by atoms with E-state index in [1.165, 1.54) is 17.0 Å². The van der Waals surface area contributed by atoms with Crippen molar-refractivity contribution in [2.24, 2.45) is 0 Å². The van der Waals surface area contributed by atoms with Crippen LogP contribution in [0.1, 0.15) is 6.42 Å². The van der Waals surface area contributed by atoms with E-state index in [-0.39, 0.29) is 31.7 Å². The predicted molar refractivity (Wildman–Crippen MR) is 65.6 cm³/mol. The smallest absolute Gasteiger partial charge is 0.248 e. The van der Waals surface area contributed by atoms with Crippen molar-refractivity contribution in [3.8, 4) is 6.07 Å². The third-order valence-electron chi connectivity index (χ3n) is 2.89. The molecule has 0 bridgehead atoms. The summed E-state index contributed by atoms with van der Waals surface area (Å²) in [5.41, 5.74) is 0.240. The maximum atomic E-state index is 13.6. The molecular formula is C13H12FN3O2. The van der Waals surface area contributed by atoms with E-state index in [4.69, 9.17) is 5.26 Å². The summed E-state index contributed by atoms with van der Waals surface area (Å²) in [5, 5.41) is 8.48. The van der Waals surface area contributed by atoms with Gasteiger partial charge in [0.15, 0.2) is 0 Å². The molecule has 0 aliphatic carbocycles. The van der Waals surface area contributed by atoms with E-state index < -0.39 is 17.6 Å². The van der Waals surface area contributed by atoms with Gasteiger partial charge in [0.05, 0.1) is 31.3 Å². The number of imide groups is 1. The van der Waals surface area contributed by atoms with E-state index in [2.05, 4.69) is 0 Å². The fourth-order valence-corrected chi connectivity index (χ4v) is 1.98. The van der Waals surface area contributed by atoms with Gasteiger partial charge in [-0.05, 0) is 12.1 Å². The Hall–Kier alpha value is -2.42. The first-order chi connectivity index (χ1) is 9.13. The van der Waals surface area contributed by atoms with Crippen molar-refractivity contribution in [2.75, 3.05) is 24.5 Å². The van der Waals surface area contributed by atoms with E-state index >= 15 is 0 Å². The quantitative estimate of drug-likeness (QED) is 0.759. The maximum absolute atomic E-state index is 13.6. The normalized spacial score (nSPS) is 15.6. The fraction of sp³-hybridized carbons (Fsp3) is 0.308. The lowest BCUT2D eigenvalue weighted by atomic mass is 10.2. The summed E-state index contributed by atoms with van der Waals surface area (Å²) in [6.07, 6.45) is 0.108. The van der Waals surface area contributed by atoms with Crippen molar-refractivity contribution in [3.05, 3.63) is 30.1 Å². The van der Waals surface area contributed by atoms with Gasteiger partial charge >= 0.3 is 0 Å². The zero-order chi connectivity index (χ0) is 13.8. The lowest BCUT2D eigenvalue weighted by molar-refractivity contribution is -0.145. The summed E-state index contributed by atoms with van der Waals surface area (Å²) < 4.78 is 13.6. The molecule has 0 atom stereocenters. The predicted octanol–water partition coefficient (Wildman–Crippen LogP) is 0.915. The maximum Gasteiger partial charge on any atom is 0.248 e. The number of nitrogens with zero attached hydrogens (tertiary/aromatic N) is 3. The summed E-state index contributed by atoms with van der Waals surface area (Å²) in [4.78, 5) is 26.1. The standard InChI is InChI=1S/C13H12FN3O2/c14-10-4-1-2-5-11(10)16-8-12(18)17(7-3-6-15)13(19)9-16/h1-2,4-5H,3,7-9H2. The van der Waals surface area contributed by atoms with Crippen LogP contribution in [0.3, 0.4) is 0 Å². The number of hydrogen-bond donors (Lipinski definition) is 0. The molecule has 6 heteroatoms. The van der Waals surface area contributed by atoms with Crippen LogP contribution in [0, 0.1) is 17.1 Å². The molecule has 0 aromatic heterocycles. The first-order valence-corrected chi connectivity index (χ1v) is 5.83. The topological polar surface area (TPSA) is 64.4 Å². The van der Waals surface area contributed by atoms with E-state index in [1.807, 2.05) is 6.07 Å². The van der Waals surface area contributed by atoms with Gasteiger partial charge in [-0.15, -0.1) is 0 Å². The van der Waals surface area contributed by atoms with Crippen LogP contribution in [0.5, 0.6) is 0 Å². The Labute approximate surface area is 109 Å². The number of para-hydroxylation sites is 1. The Kier molecular flexibility index (Phi) is 3.76. The SMILES string of the molecule is N#CCCN1C(=O)CN(c2ccccc2F)CC1=O. The van der Waals surface area contributed by atoms with Crippen LogP contribution in [-0.2, 0) is 9.59 Å². The molecule has 1 aromatic rings. The van der Waals surface area contributed by atoms with Gasteiger partial charge in [-0.25, -0.2) is 4.39 Å². The van der Waals surface area contributed by atoms with E-state index in [0.29, 0.717) is 0 Å². The van der Waals surface area contributed by atoms with Gasteiger partial charge in [0.2, 0.25) is 11.8 Å². The zero-order valence-electron chi connectivity index (χ0n) is 10.2. The molecule has 1 aliphatic rings. The lowest BCUT2D eigenvalue weighted by Gasteiger charge is -2.33. The summed E-state index contributed by atoms with van der Waals surface area (Å²) in [5.74, 6) is -1.28. The summed E-state index contributed by atoms with van der Waals surface area (Å²) in [7, 11) is 0. The molecule has 98 valence electrons. The molecule has 1 saturated heterocycles. The third-order valence-corrected chi connectivity index (χ3v) is 2.89. The molecule has 1 aliphatic heterocycles. The lowest BCUT2D eigenvalue weighted by Crippen LogP contribution is -2.54. The van der Waals surface area contributed by atoms with Gasteiger partial charge < -0.3 is 4.90 Å². The van der Waals surface area contributed by atoms with Crippen LogP contribution >= 0.6 is 0 Å².